The fraction of sp³-hybridized carbons (Fsp3) is 1.00. The van der Waals surface area contributed by atoms with Crippen molar-refractivity contribution in [3.63, 3.8) is 0 Å². The van der Waals surface area contributed by atoms with Crippen LogP contribution >= 0.6 is 7.51 Å². The second-order valence-corrected chi connectivity index (χ2v) is 5.26. The molecule has 1 rings (SSSR count). The standard InChI is InChI=1S/C4H11O4P/c1-7-9(5,6)4-2-3-8-9/h5-6H,2-4H2,1H3. The summed E-state index contributed by atoms with van der Waals surface area (Å²) < 4.78 is 9.20. The molecule has 1 heterocycles. The molecule has 0 aromatic carbocycles. The third-order valence-corrected chi connectivity index (χ3v) is 3.92. The summed E-state index contributed by atoms with van der Waals surface area (Å²) in [5, 5.41) is 0. The second-order valence-electron chi connectivity index (χ2n) is 2.12. The van der Waals surface area contributed by atoms with Crippen LogP contribution < -0.4 is 0 Å². The topological polar surface area (TPSA) is 58.9 Å². The van der Waals surface area contributed by atoms with Gasteiger partial charge in [0.2, 0.25) is 0 Å². The van der Waals surface area contributed by atoms with Gasteiger partial charge in [0.05, 0.1) is 0 Å². The molecule has 1 aliphatic heterocycles. The van der Waals surface area contributed by atoms with E-state index in [0.717, 1.165) is 0 Å². The molecule has 0 amide bonds. The summed E-state index contributed by atoms with van der Waals surface area (Å²) in [6.45, 7) is 0.388. The molecule has 0 spiro atoms. The van der Waals surface area contributed by atoms with E-state index in [1.54, 1.807) is 0 Å². The van der Waals surface area contributed by atoms with Crippen molar-refractivity contribution in [2.45, 2.75) is 6.42 Å². The molecule has 56 valence electrons. The number of hydrogen-bond acceptors (Lipinski definition) is 4. The van der Waals surface area contributed by atoms with Crippen LogP contribution in [-0.4, -0.2) is 29.7 Å². The van der Waals surface area contributed by atoms with Gasteiger partial charge in [-0.15, -0.1) is 0 Å². The van der Waals surface area contributed by atoms with Crippen molar-refractivity contribution in [3.8, 4) is 0 Å². The van der Waals surface area contributed by atoms with Gasteiger partial charge in [-0.1, -0.05) is 0 Å². The van der Waals surface area contributed by atoms with E-state index in [1.165, 1.54) is 7.11 Å². The van der Waals surface area contributed by atoms with Crippen LogP contribution in [0.5, 0.6) is 0 Å². The molecule has 0 aromatic heterocycles. The van der Waals surface area contributed by atoms with Gasteiger partial charge in [0.25, 0.3) is 0 Å². The van der Waals surface area contributed by atoms with Crippen molar-refractivity contribution in [2.24, 2.45) is 0 Å². The Morgan fingerprint density at radius 1 is 1.56 bits per heavy atom. The molecular formula is C4H11O4P. The van der Waals surface area contributed by atoms with Crippen LogP contribution in [-0.2, 0) is 9.05 Å². The predicted octanol–water partition coefficient (Wildman–Crippen LogP) is 0.251. The van der Waals surface area contributed by atoms with Crippen molar-refractivity contribution in [3.05, 3.63) is 0 Å². The zero-order chi connectivity index (χ0) is 6.98. The third kappa shape index (κ3) is 1.39. The molecule has 2 N–H and O–H groups in total. The molecule has 1 aliphatic rings. The molecule has 0 bridgehead atoms. The molecule has 0 aliphatic carbocycles. The van der Waals surface area contributed by atoms with Crippen molar-refractivity contribution < 1.29 is 18.8 Å². The van der Waals surface area contributed by atoms with Gasteiger partial charge in [-0.25, -0.2) is 0 Å². The van der Waals surface area contributed by atoms with Crippen LogP contribution in [0, 0.1) is 0 Å². The van der Waals surface area contributed by atoms with Gasteiger partial charge in [-0.3, -0.25) is 0 Å². The average Bonchev–Trinajstić information content (AvgIpc) is 2.14. The first-order valence-electron chi connectivity index (χ1n) is 2.78. The van der Waals surface area contributed by atoms with E-state index in [4.69, 9.17) is 4.52 Å². The molecule has 9 heavy (non-hydrogen) atoms. The Balaban J connectivity index is 2.68. The molecule has 4 nitrogen and oxygen atoms in total. The Bertz CT molecular complexity index is 114. The minimum absolute atomic E-state index is 0.238. The van der Waals surface area contributed by atoms with Crippen molar-refractivity contribution in [1.82, 2.24) is 0 Å². The Kier molecular flexibility index (Phi) is 1.54. The fourth-order valence-corrected chi connectivity index (χ4v) is 2.37. The Hall–Kier alpha value is 0.270. The van der Waals surface area contributed by atoms with E-state index in [9.17, 15) is 9.79 Å². The maximum absolute atomic E-state index is 9.21. The van der Waals surface area contributed by atoms with Crippen LogP contribution in [0.15, 0.2) is 0 Å². The quantitative estimate of drug-likeness (QED) is 0.531. The fourth-order valence-electron chi connectivity index (χ4n) is 0.792. The van der Waals surface area contributed by atoms with E-state index in [0.29, 0.717) is 13.0 Å². The third-order valence-electron chi connectivity index (χ3n) is 1.40. The Labute approximate surface area is 53.7 Å². The first kappa shape index (κ1) is 7.38. The van der Waals surface area contributed by atoms with E-state index >= 15 is 0 Å². The normalized spacial score (nSPS) is 35.2. The number of rotatable bonds is 1. The summed E-state index contributed by atoms with van der Waals surface area (Å²) in [5.74, 6) is 0. The van der Waals surface area contributed by atoms with E-state index in [-0.39, 0.29) is 6.16 Å². The van der Waals surface area contributed by atoms with Gasteiger partial charge in [0.1, 0.15) is 0 Å². The number of hydrogen-bond donors (Lipinski definition) is 2. The molecule has 1 saturated heterocycles. The van der Waals surface area contributed by atoms with Crippen molar-refractivity contribution >= 4 is 7.51 Å². The van der Waals surface area contributed by atoms with E-state index < -0.39 is 7.51 Å². The van der Waals surface area contributed by atoms with Crippen LogP contribution in [0.25, 0.3) is 0 Å². The second kappa shape index (κ2) is 1.87. The summed E-state index contributed by atoms with van der Waals surface area (Å²) in [5.41, 5.74) is 0. The van der Waals surface area contributed by atoms with Crippen LogP contribution in [0.2, 0.25) is 0 Å². The van der Waals surface area contributed by atoms with Gasteiger partial charge in [-0.2, -0.15) is 0 Å². The molecule has 5 heteroatoms. The van der Waals surface area contributed by atoms with Gasteiger partial charge in [0, 0.05) is 0 Å². The molecule has 1 fully saturated rings. The van der Waals surface area contributed by atoms with Gasteiger partial charge in [-0.05, 0) is 0 Å². The van der Waals surface area contributed by atoms with Gasteiger partial charge in [0.15, 0.2) is 0 Å². The molecule has 0 saturated carbocycles. The molecule has 0 aromatic rings. The summed E-state index contributed by atoms with van der Waals surface area (Å²) in [6.07, 6.45) is 0.904. The monoisotopic (exact) mass is 154 g/mol. The van der Waals surface area contributed by atoms with E-state index in [2.05, 4.69) is 4.52 Å². The predicted molar refractivity (Wildman–Crippen MR) is 33.8 cm³/mol. The molecule has 0 atom stereocenters. The molecule has 0 unspecified atom stereocenters. The summed E-state index contributed by atoms with van der Waals surface area (Å²) in [6, 6.07) is 0. The average molecular weight is 154 g/mol. The minimum atomic E-state index is -4.02. The first-order valence-corrected chi connectivity index (χ1v) is 4.94. The van der Waals surface area contributed by atoms with Gasteiger partial charge < -0.3 is 0 Å². The summed E-state index contributed by atoms with van der Waals surface area (Å²) in [4.78, 5) is 18.4. The van der Waals surface area contributed by atoms with Crippen LogP contribution in [0.4, 0.5) is 0 Å². The Morgan fingerprint density at radius 2 is 2.22 bits per heavy atom. The molecular weight excluding hydrogens is 143 g/mol. The zero-order valence-electron chi connectivity index (χ0n) is 5.28. The van der Waals surface area contributed by atoms with Crippen molar-refractivity contribution in [1.29, 1.82) is 0 Å². The van der Waals surface area contributed by atoms with Gasteiger partial charge >= 0.3 is 52.6 Å². The first-order chi connectivity index (χ1) is 4.05. The Morgan fingerprint density at radius 3 is 2.44 bits per heavy atom. The summed E-state index contributed by atoms with van der Waals surface area (Å²) in [7, 11) is -2.76. The maximum atomic E-state index is 9.21. The SMILES string of the molecule is COP1(O)(O)CCCO1. The van der Waals surface area contributed by atoms with Crippen LogP contribution in [0.3, 0.4) is 0 Å². The van der Waals surface area contributed by atoms with Crippen LogP contribution in [0.1, 0.15) is 6.42 Å². The van der Waals surface area contributed by atoms with Crippen molar-refractivity contribution in [2.75, 3.05) is 19.9 Å². The summed E-state index contributed by atoms with van der Waals surface area (Å²) >= 11 is 0. The van der Waals surface area contributed by atoms with E-state index in [1.807, 2.05) is 0 Å². The zero-order valence-corrected chi connectivity index (χ0v) is 6.17. The molecule has 0 radical (unpaired) electrons.